The first-order valence-corrected chi connectivity index (χ1v) is 10.1. The van der Waals surface area contributed by atoms with E-state index in [9.17, 15) is 9.90 Å². The maximum Gasteiger partial charge on any atom is 0.275 e. The van der Waals surface area contributed by atoms with Gasteiger partial charge in [-0.3, -0.25) is 4.79 Å². The summed E-state index contributed by atoms with van der Waals surface area (Å²) in [6, 6.07) is 5.40. The van der Waals surface area contributed by atoms with Gasteiger partial charge in [0.05, 0.1) is 11.7 Å². The lowest BCUT2D eigenvalue weighted by molar-refractivity contribution is 0.0720. The highest BCUT2D eigenvalue weighted by Gasteiger charge is 2.25. The third kappa shape index (κ3) is 3.95. The summed E-state index contributed by atoms with van der Waals surface area (Å²) in [6.45, 7) is 3.02. The third-order valence-electron chi connectivity index (χ3n) is 4.90. The minimum Gasteiger partial charge on any atom is -0.381 e. The van der Waals surface area contributed by atoms with Crippen molar-refractivity contribution in [2.75, 3.05) is 18.8 Å². The van der Waals surface area contributed by atoms with E-state index in [0.29, 0.717) is 35.2 Å². The van der Waals surface area contributed by atoms with Gasteiger partial charge in [-0.15, -0.1) is 0 Å². The van der Waals surface area contributed by atoms with Gasteiger partial charge >= 0.3 is 0 Å². The Morgan fingerprint density at radius 2 is 2.07 bits per heavy atom. The van der Waals surface area contributed by atoms with Crippen LogP contribution in [0.3, 0.4) is 0 Å². The number of rotatable bonds is 2. The number of carbonyl (C=O) groups is 1. The number of halogens is 1. The Labute approximate surface area is 178 Å². The number of fused-ring (bicyclic) bond motifs is 1. The maximum atomic E-state index is 13.2. The molecule has 0 unspecified atom stereocenters. The number of nitrogen functional groups attached to an aromatic ring is 1. The van der Waals surface area contributed by atoms with E-state index in [0.717, 1.165) is 19.3 Å². The number of aromatic nitrogens is 4. The van der Waals surface area contributed by atoms with Crippen LogP contribution in [0.15, 0.2) is 24.4 Å². The first-order chi connectivity index (χ1) is 14.4. The zero-order chi connectivity index (χ0) is 21.3. The van der Waals surface area contributed by atoms with Crippen LogP contribution in [0.5, 0.6) is 0 Å². The van der Waals surface area contributed by atoms with Crippen LogP contribution in [0.25, 0.3) is 16.7 Å². The summed E-state index contributed by atoms with van der Waals surface area (Å²) in [5, 5.41) is 15.0. The van der Waals surface area contributed by atoms with E-state index in [1.54, 1.807) is 25.1 Å². The number of carbonyl (C=O) groups excluding carboxylic acids is 1. The van der Waals surface area contributed by atoms with Gasteiger partial charge in [0.25, 0.3) is 5.91 Å². The molecule has 1 atom stereocenters. The van der Waals surface area contributed by atoms with Crippen molar-refractivity contribution in [2.45, 2.75) is 32.3 Å². The van der Waals surface area contributed by atoms with Crippen LogP contribution < -0.4 is 5.73 Å². The van der Waals surface area contributed by atoms with Crippen LogP contribution in [0.2, 0.25) is 5.02 Å². The molecule has 0 bridgehead atoms. The molecule has 1 saturated heterocycles. The van der Waals surface area contributed by atoms with Gasteiger partial charge in [-0.25, -0.2) is 9.67 Å². The van der Waals surface area contributed by atoms with Gasteiger partial charge in [0.15, 0.2) is 11.5 Å². The van der Waals surface area contributed by atoms with E-state index < -0.39 is 6.10 Å². The van der Waals surface area contributed by atoms with Crippen molar-refractivity contribution in [2.24, 2.45) is 0 Å². The van der Waals surface area contributed by atoms with Crippen molar-refractivity contribution >= 4 is 34.4 Å². The fourth-order valence-corrected chi connectivity index (χ4v) is 3.64. The standard InChI is InChI=1S/C21H21ClN6O2/c1-13(29)5-6-14-7-8-15-17(11-14)28(19-16(22)12-24-21(23)25-19)26-18(15)20(30)27-9-3-2-4-10-27/h7-8,11-13,29H,2-4,9-10H2,1H3,(H2,23,24,25)/t13-/m1/s1. The van der Waals surface area contributed by atoms with E-state index in [-0.39, 0.29) is 22.7 Å². The maximum absolute atomic E-state index is 13.2. The topological polar surface area (TPSA) is 110 Å². The lowest BCUT2D eigenvalue weighted by atomic mass is 10.1. The van der Waals surface area contributed by atoms with Gasteiger partial charge in [0.2, 0.25) is 5.95 Å². The summed E-state index contributed by atoms with van der Waals surface area (Å²) in [5.41, 5.74) is 7.37. The number of nitrogens with two attached hydrogens (primary N) is 1. The van der Waals surface area contributed by atoms with Crippen molar-refractivity contribution in [3.8, 4) is 17.7 Å². The number of aliphatic hydroxyl groups excluding tert-OH is 1. The van der Waals surface area contributed by atoms with Gasteiger partial charge in [-0.05, 0) is 44.4 Å². The number of anilines is 1. The van der Waals surface area contributed by atoms with Crippen LogP contribution in [0, 0.1) is 11.8 Å². The summed E-state index contributed by atoms with van der Waals surface area (Å²) in [7, 11) is 0. The minimum absolute atomic E-state index is 0.0482. The van der Waals surface area contributed by atoms with E-state index in [1.807, 2.05) is 4.90 Å². The summed E-state index contributed by atoms with van der Waals surface area (Å²) >= 11 is 6.31. The van der Waals surface area contributed by atoms with Crippen molar-refractivity contribution in [3.05, 3.63) is 40.7 Å². The zero-order valence-electron chi connectivity index (χ0n) is 16.5. The number of nitrogens with zero attached hydrogens (tertiary/aromatic N) is 5. The molecule has 154 valence electrons. The Hall–Kier alpha value is -3.15. The molecule has 9 heteroatoms. The molecule has 0 aliphatic carbocycles. The Morgan fingerprint density at radius 3 is 2.80 bits per heavy atom. The van der Waals surface area contributed by atoms with Crippen LogP contribution in [-0.2, 0) is 0 Å². The Morgan fingerprint density at radius 1 is 1.30 bits per heavy atom. The van der Waals surface area contributed by atoms with Gasteiger partial charge in [0, 0.05) is 24.0 Å². The monoisotopic (exact) mass is 424 g/mol. The molecular weight excluding hydrogens is 404 g/mol. The Kier molecular flexibility index (Phi) is 5.57. The number of likely N-dealkylation sites (tertiary alicyclic amines) is 1. The van der Waals surface area contributed by atoms with Gasteiger partial charge < -0.3 is 15.7 Å². The summed E-state index contributed by atoms with van der Waals surface area (Å²) < 4.78 is 1.50. The van der Waals surface area contributed by atoms with Crippen molar-refractivity contribution in [3.63, 3.8) is 0 Å². The Balaban J connectivity index is 1.90. The van der Waals surface area contributed by atoms with E-state index in [2.05, 4.69) is 26.9 Å². The van der Waals surface area contributed by atoms with Crippen molar-refractivity contribution < 1.29 is 9.90 Å². The fourth-order valence-electron chi connectivity index (χ4n) is 3.47. The summed E-state index contributed by atoms with van der Waals surface area (Å²) in [5.74, 6) is 5.84. The first-order valence-electron chi connectivity index (χ1n) is 9.74. The second-order valence-electron chi connectivity index (χ2n) is 7.19. The quantitative estimate of drug-likeness (QED) is 0.611. The molecule has 0 spiro atoms. The Bertz CT molecular complexity index is 1170. The molecular formula is C21H21ClN6O2. The molecule has 4 rings (SSSR count). The largest absolute Gasteiger partial charge is 0.381 e. The molecule has 3 aromatic rings. The fraction of sp³-hybridized carbons (Fsp3) is 0.333. The lowest BCUT2D eigenvalue weighted by Gasteiger charge is -2.25. The lowest BCUT2D eigenvalue weighted by Crippen LogP contribution is -2.36. The van der Waals surface area contributed by atoms with Crippen LogP contribution in [0.1, 0.15) is 42.2 Å². The molecule has 0 radical (unpaired) electrons. The van der Waals surface area contributed by atoms with E-state index in [1.165, 1.54) is 10.9 Å². The number of hydrogen-bond donors (Lipinski definition) is 2. The molecule has 1 aliphatic rings. The highest BCUT2D eigenvalue weighted by Crippen LogP contribution is 2.27. The summed E-state index contributed by atoms with van der Waals surface area (Å²) in [6.07, 6.45) is 3.74. The highest BCUT2D eigenvalue weighted by atomic mass is 35.5. The summed E-state index contributed by atoms with van der Waals surface area (Å²) in [4.78, 5) is 23.1. The van der Waals surface area contributed by atoms with Crippen LogP contribution >= 0.6 is 11.6 Å². The molecule has 8 nitrogen and oxygen atoms in total. The molecule has 3 heterocycles. The van der Waals surface area contributed by atoms with Crippen LogP contribution in [0.4, 0.5) is 5.95 Å². The number of hydrogen-bond acceptors (Lipinski definition) is 6. The highest BCUT2D eigenvalue weighted by molar-refractivity contribution is 6.32. The molecule has 1 amide bonds. The van der Waals surface area contributed by atoms with Gasteiger partial charge in [-0.1, -0.05) is 23.4 Å². The molecule has 3 N–H and O–H groups in total. The van der Waals surface area contributed by atoms with Crippen molar-refractivity contribution in [1.82, 2.24) is 24.6 Å². The smallest absolute Gasteiger partial charge is 0.275 e. The predicted octanol–water partition coefficient (Wildman–Crippen LogP) is 2.41. The second kappa shape index (κ2) is 8.30. The van der Waals surface area contributed by atoms with E-state index in [4.69, 9.17) is 17.3 Å². The molecule has 30 heavy (non-hydrogen) atoms. The zero-order valence-corrected chi connectivity index (χ0v) is 17.2. The number of benzene rings is 1. The van der Waals surface area contributed by atoms with Crippen molar-refractivity contribution in [1.29, 1.82) is 0 Å². The van der Waals surface area contributed by atoms with E-state index >= 15 is 0 Å². The number of piperidine rings is 1. The minimum atomic E-state index is -0.752. The normalized spacial score (nSPS) is 15.0. The number of aliphatic hydroxyl groups is 1. The van der Waals surface area contributed by atoms with Crippen LogP contribution in [-0.4, -0.2) is 54.9 Å². The van der Waals surface area contributed by atoms with Gasteiger partial charge in [0.1, 0.15) is 11.1 Å². The molecule has 1 fully saturated rings. The number of amides is 1. The molecule has 1 aromatic carbocycles. The third-order valence-corrected chi connectivity index (χ3v) is 5.16. The molecule has 0 saturated carbocycles. The molecule has 2 aromatic heterocycles. The molecule has 1 aliphatic heterocycles. The average Bonchev–Trinajstić information content (AvgIpc) is 3.12. The van der Waals surface area contributed by atoms with Gasteiger partial charge in [-0.2, -0.15) is 10.1 Å². The first kappa shape index (κ1) is 20.1. The SMILES string of the molecule is C[C@@H](O)C#Cc1ccc2c(C(=O)N3CCCCC3)nn(-c3nc(N)ncc3Cl)c2c1. The second-order valence-corrected chi connectivity index (χ2v) is 7.60. The predicted molar refractivity (Wildman–Crippen MR) is 114 cm³/mol. The average molecular weight is 425 g/mol.